The van der Waals surface area contributed by atoms with E-state index < -0.39 is 0 Å². The molecule has 0 atom stereocenters. The van der Waals surface area contributed by atoms with E-state index in [9.17, 15) is 4.79 Å². The first-order chi connectivity index (χ1) is 15.7. The van der Waals surface area contributed by atoms with Crippen molar-refractivity contribution >= 4 is 11.6 Å². The summed E-state index contributed by atoms with van der Waals surface area (Å²) >= 11 is 0. The van der Waals surface area contributed by atoms with E-state index in [0.717, 1.165) is 5.56 Å². The third-order valence-corrected chi connectivity index (χ3v) is 4.64. The summed E-state index contributed by atoms with van der Waals surface area (Å²) in [6.45, 7) is 0.0238. The molecule has 0 aliphatic carbocycles. The third kappa shape index (κ3) is 4.70. The molecule has 0 saturated carbocycles. The summed E-state index contributed by atoms with van der Waals surface area (Å²) in [6.07, 6.45) is 0. The Labute approximate surface area is 184 Å². The van der Waals surface area contributed by atoms with E-state index >= 15 is 0 Å². The van der Waals surface area contributed by atoms with E-state index in [1.165, 1.54) is 7.11 Å². The second-order valence-electron chi connectivity index (χ2n) is 6.68. The van der Waals surface area contributed by atoms with Gasteiger partial charge in [-0.25, -0.2) is 0 Å². The Kier molecular flexibility index (Phi) is 6.31. The van der Waals surface area contributed by atoms with Crippen molar-refractivity contribution in [3.05, 3.63) is 84.3 Å². The molecule has 0 bridgehead atoms. The van der Waals surface area contributed by atoms with Crippen LogP contribution in [0.2, 0.25) is 0 Å². The number of nitrogens with one attached hydrogen (secondary N) is 1. The highest BCUT2D eigenvalue weighted by atomic mass is 16.5. The number of ether oxygens (including phenoxy) is 3. The van der Waals surface area contributed by atoms with Gasteiger partial charge in [0.1, 0.15) is 17.2 Å². The Morgan fingerprint density at radius 2 is 1.72 bits per heavy atom. The molecule has 1 heterocycles. The van der Waals surface area contributed by atoms with Gasteiger partial charge in [-0.2, -0.15) is 4.98 Å². The zero-order valence-corrected chi connectivity index (χ0v) is 17.6. The molecule has 162 valence electrons. The van der Waals surface area contributed by atoms with Crippen LogP contribution < -0.4 is 19.5 Å². The monoisotopic (exact) mass is 431 g/mol. The molecule has 0 unspecified atom stereocenters. The molecule has 8 heteroatoms. The molecule has 32 heavy (non-hydrogen) atoms. The van der Waals surface area contributed by atoms with Gasteiger partial charge in [-0.05, 0) is 24.3 Å². The Bertz CT molecular complexity index is 1210. The van der Waals surface area contributed by atoms with Crippen molar-refractivity contribution in [2.45, 2.75) is 6.61 Å². The number of carbonyl (C=O) groups is 1. The number of aromatic nitrogens is 2. The minimum absolute atomic E-state index is 0.0238. The van der Waals surface area contributed by atoms with Gasteiger partial charge in [0, 0.05) is 11.6 Å². The SMILES string of the molecule is COc1ccc(NC(=O)c2ccccc2OCc2nc(-c3ccccc3)no2)c(OC)c1. The fourth-order valence-electron chi connectivity index (χ4n) is 3.03. The minimum Gasteiger partial charge on any atom is -0.497 e. The van der Waals surface area contributed by atoms with E-state index in [1.54, 1.807) is 49.6 Å². The van der Waals surface area contributed by atoms with Crippen molar-refractivity contribution in [3.8, 4) is 28.6 Å². The molecule has 8 nitrogen and oxygen atoms in total. The zero-order valence-electron chi connectivity index (χ0n) is 17.6. The number of carbonyl (C=O) groups excluding carboxylic acids is 1. The van der Waals surface area contributed by atoms with Crippen molar-refractivity contribution in [1.82, 2.24) is 10.1 Å². The summed E-state index contributed by atoms with van der Waals surface area (Å²) in [5.41, 5.74) is 1.71. The van der Waals surface area contributed by atoms with E-state index in [0.29, 0.717) is 40.2 Å². The third-order valence-electron chi connectivity index (χ3n) is 4.64. The topological polar surface area (TPSA) is 95.7 Å². The number of methoxy groups -OCH3 is 2. The summed E-state index contributed by atoms with van der Waals surface area (Å²) < 4.78 is 21.6. The largest absolute Gasteiger partial charge is 0.497 e. The lowest BCUT2D eigenvalue weighted by Crippen LogP contribution is -2.14. The molecule has 4 aromatic rings. The Balaban J connectivity index is 1.47. The predicted octanol–water partition coefficient (Wildman–Crippen LogP) is 4.59. The van der Waals surface area contributed by atoms with Crippen LogP contribution in [0.3, 0.4) is 0 Å². The number of hydrogen-bond acceptors (Lipinski definition) is 7. The molecule has 1 aromatic heterocycles. The Hall–Kier alpha value is -4.33. The van der Waals surface area contributed by atoms with Crippen LogP contribution >= 0.6 is 0 Å². The lowest BCUT2D eigenvalue weighted by atomic mass is 10.1. The molecular weight excluding hydrogens is 410 g/mol. The maximum absolute atomic E-state index is 12.9. The number of amides is 1. The molecule has 1 amide bonds. The summed E-state index contributed by atoms with van der Waals surface area (Å²) in [7, 11) is 3.09. The quantitative estimate of drug-likeness (QED) is 0.436. The molecule has 4 rings (SSSR count). The van der Waals surface area contributed by atoms with Gasteiger partial charge < -0.3 is 24.1 Å². The van der Waals surface area contributed by atoms with E-state index in [4.69, 9.17) is 18.7 Å². The minimum atomic E-state index is -0.348. The number of nitrogens with zero attached hydrogens (tertiary/aromatic N) is 2. The van der Waals surface area contributed by atoms with Gasteiger partial charge in [0.2, 0.25) is 5.82 Å². The number of para-hydroxylation sites is 1. The fourth-order valence-corrected chi connectivity index (χ4v) is 3.03. The predicted molar refractivity (Wildman–Crippen MR) is 118 cm³/mol. The molecule has 1 N–H and O–H groups in total. The summed E-state index contributed by atoms with van der Waals surface area (Å²) in [4.78, 5) is 17.3. The molecule has 0 aliphatic heterocycles. The van der Waals surface area contributed by atoms with Crippen molar-refractivity contribution < 1.29 is 23.5 Å². The second kappa shape index (κ2) is 9.65. The average Bonchev–Trinajstić information content (AvgIpc) is 3.33. The highest BCUT2D eigenvalue weighted by Gasteiger charge is 2.16. The van der Waals surface area contributed by atoms with Gasteiger partial charge in [-0.1, -0.05) is 47.6 Å². The molecule has 0 saturated heterocycles. The van der Waals surface area contributed by atoms with Crippen molar-refractivity contribution in [1.29, 1.82) is 0 Å². The standard InChI is InChI=1S/C24H21N3O5/c1-29-17-12-13-19(21(14-17)30-2)25-24(28)18-10-6-7-11-20(18)31-15-22-26-23(27-32-22)16-8-4-3-5-9-16/h3-14H,15H2,1-2H3,(H,25,28). The lowest BCUT2D eigenvalue weighted by Gasteiger charge is -2.13. The van der Waals surface area contributed by atoms with Crippen LogP contribution in [0.5, 0.6) is 17.2 Å². The van der Waals surface area contributed by atoms with Crippen molar-refractivity contribution in [2.24, 2.45) is 0 Å². The zero-order chi connectivity index (χ0) is 22.3. The van der Waals surface area contributed by atoms with Crippen molar-refractivity contribution in [2.75, 3.05) is 19.5 Å². The molecule has 0 aliphatic rings. The van der Waals surface area contributed by atoms with Gasteiger partial charge in [0.25, 0.3) is 11.8 Å². The summed E-state index contributed by atoms with van der Waals surface area (Å²) in [5, 5.41) is 6.82. The van der Waals surface area contributed by atoms with Gasteiger partial charge in [0.15, 0.2) is 6.61 Å². The van der Waals surface area contributed by atoms with Crippen LogP contribution in [0.15, 0.2) is 77.3 Å². The van der Waals surface area contributed by atoms with Gasteiger partial charge in [-0.15, -0.1) is 0 Å². The first kappa shape index (κ1) is 20.9. The van der Waals surface area contributed by atoms with E-state index in [2.05, 4.69) is 15.5 Å². The number of rotatable bonds is 8. The van der Waals surface area contributed by atoms with Gasteiger partial charge in [-0.3, -0.25) is 4.79 Å². The number of benzene rings is 3. The first-order valence-electron chi connectivity index (χ1n) is 9.81. The second-order valence-corrected chi connectivity index (χ2v) is 6.68. The maximum Gasteiger partial charge on any atom is 0.264 e. The highest BCUT2D eigenvalue weighted by Crippen LogP contribution is 2.30. The average molecular weight is 431 g/mol. The van der Waals surface area contributed by atoms with Crippen LogP contribution in [0.1, 0.15) is 16.2 Å². The van der Waals surface area contributed by atoms with E-state index in [-0.39, 0.29) is 12.5 Å². The Morgan fingerprint density at radius 1 is 0.938 bits per heavy atom. The molecular formula is C24H21N3O5. The summed E-state index contributed by atoms with van der Waals surface area (Å²) in [6, 6.07) is 21.5. The number of anilines is 1. The molecule has 0 radical (unpaired) electrons. The van der Waals surface area contributed by atoms with Gasteiger partial charge >= 0.3 is 0 Å². The molecule has 3 aromatic carbocycles. The van der Waals surface area contributed by atoms with Crippen LogP contribution in [-0.4, -0.2) is 30.3 Å². The lowest BCUT2D eigenvalue weighted by molar-refractivity contribution is 0.102. The van der Waals surface area contributed by atoms with Gasteiger partial charge in [0.05, 0.1) is 25.5 Å². The van der Waals surface area contributed by atoms with Crippen LogP contribution in [-0.2, 0) is 6.61 Å². The fraction of sp³-hybridized carbons (Fsp3) is 0.125. The normalized spacial score (nSPS) is 10.4. The van der Waals surface area contributed by atoms with Crippen molar-refractivity contribution in [3.63, 3.8) is 0 Å². The van der Waals surface area contributed by atoms with Crippen LogP contribution in [0.25, 0.3) is 11.4 Å². The van der Waals surface area contributed by atoms with Crippen LogP contribution in [0, 0.1) is 0 Å². The van der Waals surface area contributed by atoms with Crippen LogP contribution in [0.4, 0.5) is 5.69 Å². The Morgan fingerprint density at radius 3 is 2.50 bits per heavy atom. The molecule has 0 fully saturated rings. The highest BCUT2D eigenvalue weighted by molar-refractivity contribution is 6.06. The summed E-state index contributed by atoms with van der Waals surface area (Å²) in [5.74, 6) is 1.92. The smallest absolute Gasteiger partial charge is 0.264 e. The van der Waals surface area contributed by atoms with E-state index in [1.807, 2.05) is 30.3 Å². The molecule has 0 spiro atoms. The number of hydrogen-bond donors (Lipinski definition) is 1. The first-order valence-corrected chi connectivity index (χ1v) is 9.81. The maximum atomic E-state index is 12.9.